The summed E-state index contributed by atoms with van der Waals surface area (Å²) in [6.45, 7) is 0.539. The summed E-state index contributed by atoms with van der Waals surface area (Å²) < 4.78 is 10.5. The lowest BCUT2D eigenvalue weighted by atomic mass is 9.96. The number of para-hydroxylation sites is 2. The Hall–Kier alpha value is -4.22. The van der Waals surface area contributed by atoms with Crippen molar-refractivity contribution in [1.82, 2.24) is 4.57 Å². The molecule has 2 aliphatic heterocycles. The van der Waals surface area contributed by atoms with E-state index in [9.17, 15) is 0 Å². The molecule has 0 saturated heterocycles. The zero-order chi connectivity index (χ0) is 22.9. The first kappa shape index (κ1) is 19.1. The van der Waals surface area contributed by atoms with Crippen molar-refractivity contribution >= 4 is 65.0 Å². The standard InChI is InChI=1S/C30H19N3OS/c1-4-13-25-18(8-1)19-9-2-5-14-26(19)33(25)30-31-24-17-34-16-23(24)28(32-30)22-12-7-11-21-20-10-3-6-15-27(20)35-29(21)22/h1-16,24H,17H2. The first-order valence-electron chi connectivity index (χ1n) is 11.7. The van der Waals surface area contributed by atoms with Gasteiger partial charge in [0.15, 0.2) is 0 Å². The molecule has 35 heavy (non-hydrogen) atoms. The number of hydrogen-bond acceptors (Lipinski definition) is 4. The van der Waals surface area contributed by atoms with Gasteiger partial charge in [-0.25, -0.2) is 9.98 Å². The Labute approximate surface area is 205 Å². The molecule has 1 atom stereocenters. The molecule has 0 amide bonds. The fraction of sp³-hybridized carbons (Fsp3) is 0.0667. The summed E-state index contributed by atoms with van der Waals surface area (Å²) in [5.41, 5.74) is 5.37. The van der Waals surface area contributed by atoms with E-state index in [1.54, 1.807) is 0 Å². The first-order valence-corrected chi connectivity index (χ1v) is 12.6. The van der Waals surface area contributed by atoms with Gasteiger partial charge in [-0.2, -0.15) is 0 Å². The molecule has 5 heteroatoms. The smallest absolute Gasteiger partial charge is 0.231 e. The average Bonchev–Trinajstić information content (AvgIpc) is 3.61. The third-order valence-corrected chi connectivity index (χ3v) is 8.24. The third kappa shape index (κ3) is 2.67. The maximum absolute atomic E-state index is 5.80. The van der Waals surface area contributed by atoms with Crippen molar-refractivity contribution in [3.8, 4) is 0 Å². The van der Waals surface area contributed by atoms with Crippen molar-refractivity contribution in [3.63, 3.8) is 0 Å². The van der Waals surface area contributed by atoms with Gasteiger partial charge in [-0.1, -0.05) is 72.8 Å². The Balaban J connectivity index is 1.42. The molecule has 8 rings (SSSR count). The Kier molecular flexibility index (Phi) is 3.90. The average molecular weight is 470 g/mol. The van der Waals surface area contributed by atoms with Gasteiger partial charge in [-0.15, -0.1) is 11.3 Å². The Morgan fingerprint density at radius 3 is 2.23 bits per heavy atom. The van der Waals surface area contributed by atoms with E-state index in [0.717, 1.165) is 27.9 Å². The molecular formula is C30H19N3OS. The lowest BCUT2D eigenvalue weighted by molar-refractivity contribution is 0.270. The minimum absolute atomic E-state index is 0.0675. The molecule has 4 heterocycles. The normalized spacial score (nSPS) is 17.5. The molecule has 2 aromatic heterocycles. The summed E-state index contributed by atoms with van der Waals surface area (Å²) in [6, 6.07) is 32.0. The summed E-state index contributed by atoms with van der Waals surface area (Å²) in [5, 5.41) is 4.97. The molecule has 4 nitrogen and oxygen atoms in total. The fourth-order valence-electron chi connectivity index (χ4n) is 5.45. The van der Waals surface area contributed by atoms with Gasteiger partial charge in [0, 0.05) is 42.1 Å². The second-order valence-electron chi connectivity index (χ2n) is 8.96. The van der Waals surface area contributed by atoms with E-state index in [1.807, 2.05) is 17.6 Å². The van der Waals surface area contributed by atoms with Crippen LogP contribution < -0.4 is 0 Å². The number of rotatable bonds is 1. The number of aliphatic imine (C=N–C) groups is 2. The fourth-order valence-corrected chi connectivity index (χ4v) is 6.66. The van der Waals surface area contributed by atoms with Crippen molar-refractivity contribution in [2.45, 2.75) is 6.04 Å². The van der Waals surface area contributed by atoms with Gasteiger partial charge >= 0.3 is 0 Å². The van der Waals surface area contributed by atoms with E-state index in [-0.39, 0.29) is 6.04 Å². The topological polar surface area (TPSA) is 38.9 Å². The maximum Gasteiger partial charge on any atom is 0.231 e. The maximum atomic E-state index is 5.80. The van der Waals surface area contributed by atoms with E-state index < -0.39 is 0 Å². The van der Waals surface area contributed by atoms with Gasteiger partial charge in [0.25, 0.3) is 0 Å². The highest BCUT2D eigenvalue weighted by Crippen LogP contribution is 2.38. The van der Waals surface area contributed by atoms with Crippen LogP contribution in [0.3, 0.4) is 0 Å². The molecule has 0 N–H and O–H groups in total. The largest absolute Gasteiger partial charge is 0.498 e. The predicted octanol–water partition coefficient (Wildman–Crippen LogP) is 7.15. The Morgan fingerprint density at radius 1 is 0.743 bits per heavy atom. The molecule has 1 unspecified atom stereocenters. The van der Waals surface area contributed by atoms with Gasteiger partial charge in [0.1, 0.15) is 12.6 Å². The van der Waals surface area contributed by atoms with E-state index in [0.29, 0.717) is 12.6 Å². The summed E-state index contributed by atoms with van der Waals surface area (Å²) in [5.74, 6) is 0.711. The number of fused-ring (bicyclic) bond motifs is 7. The van der Waals surface area contributed by atoms with Crippen LogP contribution >= 0.6 is 11.3 Å². The Morgan fingerprint density at radius 2 is 1.43 bits per heavy atom. The second kappa shape index (κ2) is 7.14. The van der Waals surface area contributed by atoms with E-state index in [1.165, 1.54) is 30.9 Å². The van der Waals surface area contributed by atoms with Crippen LogP contribution in [0.1, 0.15) is 5.56 Å². The quantitative estimate of drug-likeness (QED) is 0.252. The SMILES string of the molecule is C1=C2C(c3cccc4c3sc3ccccc34)=NC(n3c4ccccc4c4ccccc43)=NC2CO1. The monoisotopic (exact) mass is 469 g/mol. The number of thiophene rings is 1. The number of aromatic nitrogens is 1. The predicted molar refractivity (Wildman–Crippen MR) is 146 cm³/mol. The van der Waals surface area contributed by atoms with E-state index >= 15 is 0 Å². The molecule has 0 aliphatic carbocycles. The molecule has 0 bridgehead atoms. The van der Waals surface area contributed by atoms with Crippen LogP contribution in [0.4, 0.5) is 0 Å². The van der Waals surface area contributed by atoms with E-state index in [2.05, 4.69) is 95.6 Å². The van der Waals surface area contributed by atoms with Crippen molar-refractivity contribution in [2.24, 2.45) is 9.98 Å². The molecule has 4 aromatic carbocycles. The van der Waals surface area contributed by atoms with Crippen LogP contribution in [0.2, 0.25) is 0 Å². The molecule has 6 aromatic rings. The summed E-state index contributed by atoms with van der Waals surface area (Å²) in [4.78, 5) is 10.3. The zero-order valence-electron chi connectivity index (χ0n) is 18.7. The van der Waals surface area contributed by atoms with Crippen molar-refractivity contribution in [2.75, 3.05) is 6.61 Å². The highest BCUT2D eigenvalue weighted by molar-refractivity contribution is 7.26. The van der Waals surface area contributed by atoms with Gasteiger partial charge < -0.3 is 4.74 Å². The van der Waals surface area contributed by atoms with Crippen molar-refractivity contribution < 1.29 is 4.74 Å². The molecule has 166 valence electrons. The third-order valence-electron chi connectivity index (χ3n) is 7.02. The minimum Gasteiger partial charge on any atom is -0.498 e. The van der Waals surface area contributed by atoms with Gasteiger partial charge in [0.05, 0.1) is 23.0 Å². The summed E-state index contributed by atoms with van der Waals surface area (Å²) >= 11 is 1.82. The number of nitrogens with zero attached hydrogens (tertiary/aromatic N) is 3. The van der Waals surface area contributed by atoms with Crippen LogP contribution in [-0.4, -0.2) is 28.9 Å². The van der Waals surface area contributed by atoms with Crippen molar-refractivity contribution in [3.05, 3.63) is 108 Å². The van der Waals surface area contributed by atoms with Crippen LogP contribution in [0.5, 0.6) is 0 Å². The second-order valence-corrected chi connectivity index (χ2v) is 10.0. The van der Waals surface area contributed by atoms with Crippen LogP contribution in [-0.2, 0) is 4.74 Å². The molecule has 0 spiro atoms. The number of benzene rings is 4. The Bertz CT molecular complexity index is 1870. The molecule has 0 fully saturated rings. The molecule has 2 aliphatic rings. The lowest BCUT2D eigenvalue weighted by Gasteiger charge is -2.20. The minimum atomic E-state index is -0.0675. The van der Waals surface area contributed by atoms with Crippen LogP contribution in [0.15, 0.2) is 113 Å². The van der Waals surface area contributed by atoms with Gasteiger partial charge in [0.2, 0.25) is 5.96 Å². The van der Waals surface area contributed by atoms with Crippen LogP contribution in [0, 0.1) is 0 Å². The number of hydrogen-bond donors (Lipinski definition) is 0. The highest BCUT2D eigenvalue weighted by Gasteiger charge is 2.32. The lowest BCUT2D eigenvalue weighted by Crippen LogP contribution is -2.27. The molecule has 0 radical (unpaired) electrons. The first-order chi connectivity index (χ1) is 17.4. The van der Waals surface area contributed by atoms with Gasteiger partial charge in [-0.05, 0) is 18.2 Å². The highest BCUT2D eigenvalue weighted by atomic mass is 32.1. The summed E-state index contributed by atoms with van der Waals surface area (Å²) in [7, 11) is 0. The van der Waals surface area contributed by atoms with Crippen LogP contribution in [0.25, 0.3) is 42.0 Å². The molecular weight excluding hydrogens is 450 g/mol. The molecule has 0 saturated carbocycles. The summed E-state index contributed by atoms with van der Waals surface area (Å²) in [6.07, 6.45) is 1.85. The van der Waals surface area contributed by atoms with Crippen molar-refractivity contribution in [1.29, 1.82) is 0 Å². The van der Waals surface area contributed by atoms with Gasteiger partial charge in [-0.3, -0.25) is 4.57 Å². The number of ether oxygens (including phenoxy) is 1. The zero-order valence-corrected chi connectivity index (χ0v) is 19.5. The van der Waals surface area contributed by atoms with E-state index in [4.69, 9.17) is 14.7 Å².